The minimum absolute atomic E-state index is 0.149. The molecule has 2 aromatic rings. The van der Waals surface area contributed by atoms with Gasteiger partial charge >= 0.3 is 0 Å². The Morgan fingerprint density at radius 1 is 1.06 bits per heavy atom. The van der Waals surface area contributed by atoms with Crippen LogP contribution in [-0.4, -0.2) is 50.5 Å². The second-order valence-corrected chi connectivity index (χ2v) is 10.4. The van der Waals surface area contributed by atoms with E-state index in [0.717, 1.165) is 27.3 Å². The first-order valence-electron chi connectivity index (χ1n) is 10.8. The zero-order valence-corrected chi connectivity index (χ0v) is 21.3. The van der Waals surface area contributed by atoms with E-state index >= 15 is 0 Å². The molecule has 0 bridgehead atoms. The lowest BCUT2D eigenvalue weighted by molar-refractivity contribution is -0.140. The predicted molar refractivity (Wildman–Crippen MR) is 133 cm³/mol. The third-order valence-electron chi connectivity index (χ3n) is 5.30. The maximum absolute atomic E-state index is 13.5. The van der Waals surface area contributed by atoms with Gasteiger partial charge in [0.2, 0.25) is 21.8 Å². The molecule has 0 aliphatic carbocycles. The number of carbonyl (C=O) groups excluding carboxylic acids is 2. The molecule has 0 fully saturated rings. The molecular formula is C24H32ClN3O4S. The summed E-state index contributed by atoms with van der Waals surface area (Å²) in [7, 11) is -3.76. The Morgan fingerprint density at radius 2 is 1.70 bits per heavy atom. The minimum Gasteiger partial charge on any atom is -0.355 e. The molecule has 33 heavy (non-hydrogen) atoms. The van der Waals surface area contributed by atoms with Crippen molar-refractivity contribution < 1.29 is 18.0 Å². The van der Waals surface area contributed by atoms with E-state index in [1.807, 2.05) is 26.8 Å². The van der Waals surface area contributed by atoms with Gasteiger partial charge in [0.25, 0.3) is 0 Å². The molecule has 1 N–H and O–H groups in total. The first kappa shape index (κ1) is 26.7. The van der Waals surface area contributed by atoms with Crippen LogP contribution in [0.2, 0.25) is 5.02 Å². The molecule has 0 aliphatic heterocycles. The first-order chi connectivity index (χ1) is 15.5. The number of amides is 2. The zero-order chi connectivity index (χ0) is 24.8. The van der Waals surface area contributed by atoms with Gasteiger partial charge in [0.1, 0.15) is 12.6 Å². The van der Waals surface area contributed by atoms with E-state index in [4.69, 9.17) is 11.6 Å². The Labute approximate surface area is 201 Å². The topological polar surface area (TPSA) is 86.8 Å². The van der Waals surface area contributed by atoms with Crippen LogP contribution in [0.3, 0.4) is 0 Å². The van der Waals surface area contributed by atoms with Gasteiger partial charge in [-0.3, -0.25) is 13.9 Å². The van der Waals surface area contributed by atoms with Crippen LogP contribution >= 0.6 is 11.6 Å². The third kappa shape index (κ3) is 7.20. The number of anilines is 1. The van der Waals surface area contributed by atoms with Crippen LogP contribution < -0.4 is 9.62 Å². The van der Waals surface area contributed by atoms with Crippen LogP contribution in [0.15, 0.2) is 42.5 Å². The molecule has 2 rings (SSSR count). The lowest BCUT2D eigenvalue weighted by Gasteiger charge is -2.33. The highest BCUT2D eigenvalue weighted by atomic mass is 35.5. The summed E-state index contributed by atoms with van der Waals surface area (Å²) in [4.78, 5) is 27.7. The van der Waals surface area contributed by atoms with Gasteiger partial charge in [-0.2, -0.15) is 0 Å². The number of rotatable bonds is 10. The minimum atomic E-state index is -3.76. The van der Waals surface area contributed by atoms with Crippen molar-refractivity contribution in [1.29, 1.82) is 0 Å². The standard InChI is InChI=1S/C24H32ClN3O4S/c1-6-21(24(30)26-7-2)27(15-19-9-11-20(25)12-10-19)23(29)16-28(33(5,31)32)22-13-8-17(3)14-18(22)4/h8-14,21H,6-7,15-16H2,1-5H3,(H,26,30). The van der Waals surface area contributed by atoms with Crippen molar-refractivity contribution in [2.75, 3.05) is 23.7 Å². The van der Waals surface area contributed by atoms with E-state index in [2.05, 4.69) is 5.32 Å². The van der Waals surface area contributed by atoms with Crippen molar-refractivity contribution >= 4 is 39.1 Å². The number of nitrogens with zero attached hydrogens (tertiary/aromatic N) is 2. The van der Waals surface area contributed by atoms with Gasteiger partial charge < -0.3 is 10.2 Å². The monoisotopic (exact) mass is 493 g/mol. The number of aryl methyl sites for hydroxylation is 2. The largest absolute Gasteiger partial charge is 0.355 e. The molecule has 2 aromatic carbocycles. The summed E-state index contributed by atoms with van der Waals surface area (Å²) in [6.07, 6.45) is 1.46. The number of hydrogen-bond donors (Lipinski definition) is 1. The fraction of sp³-hybridized carbons (Fsp3) is 0.417. The fourth-order valence-electron chi connectivity index (χ4n) is 3.68. The molecule has 0 saturated heterocycles. The SMILES string of the molecule is CCNC(=O)C(CC)N(Cc1ccc(Cl)cc1)C(=O)CN(c1ccc(C)cc1C)S(C)(=O)=O. The van der Waals surface area contributed by atoms with Crippen molar-refractivity contribution in [1.82, 2.24) is 10.2 Å². The van der Waals surface area contributed by atoms with Gasteiger partial charge in [-0.15, -0.1) is 0 Å². The van der Waals surface area contributed by atoms with E-state index < -0.39 is 28.5 Å². The Bertz CT molecular complexity index is 1090. The zero-order valence-electron chi connectivity index (χ0n) is 19.8. The van der Waals surface area contributed by atoms with Crippen molar-refractivity contribution in [2.24, 2.45) is 0 Å². The quantitative estimate of drug-likeness (QED) is 0.547. The number of carbonyl (C=O) groups is 2. The van der Waals surface area contributed by atoms with E-state index in [-0.39, 0.29) is 12.5 Å². The number of nitrogens with one attached hydrogen (secondary N) is 1. The van der Waals surface area contributed by atoms with Gasteiger partial charge in [-0.25, -0.2) is 8.42 Å². The molecule has 9 heteroatoms. The van der Waals surface area contributed by atoms with Crippen LogP contribution in [0.1, 0.15) is 37.0 Å². The normalized spacial score (nSPS) is 12.2. The highest BCUT2D eigenvalue weighted by Crippen LogP contribution is 2.24. The second kappa shape index (κ2) is 11.5. The van der Waals surface area contributed by atoms with Crippen LogP contribution in [-0.2, 0) is 26.2 Å². The predicted octanol–water partition coefficient (Wildman–Crippen LogP) is 3.67. The molecule has 0 aliphatic rings. The summed E-state index contributed by atoms with van der Waals surface area (Å²) in [6, 6.07) is 11.6. The lowest BCUT2D eigenvalue weighted by Crippen LogP contribution is -2.52. The molecule has 7 nitrogen and oxygen atoms in total. The van der Waals surface area contributed by atoms with Crippen molar-refractivity contribution in [2.45, 2.75) is 46.7 Å². The smallest absolute Gasteiger partial charge is 0.244 e. The molecule has 0 radical (unpaired) electrons. The number of hydrogen-bond acceptors (Lipinski definition) is 4. The summed E-state index contributed by atoms with van der Waals surface area (Å²) >= 11 is 5.99. The number of sulfonamides is 1. The summed E-state index contributed by atoms with van der Waals surface area (Å²) in [5.74, 6) is -0.742. The van der Waals surface area contributed by atoms with Crippen LogP contribution in [0.4, 0.5) is 5.69 Å². The van der Waals surface area contributed by atoms with Crippen LogP contribution in [0.25, 0.3) is 0 Å². The van der Waals surface area contributed by atoms with Gasteiger partial charge in [0.05, 0.1) is 11.9 Å². The summed E-state index contributed by atoms with van der Waals surface area (Å²) in [6.45, 7) is 7.51. The van der Waals surface area contributed by atoms with Crippen LogP contribution in [0.5, 0.6) is 0 Å². The molecule has 0 saturated carbocycles. The molecule has 0 spiro atoms. The third-order valence-corrected chi connectivity index (χ3v) is 6.68. The molecule has 0 heterocycles. The number of likely N-dealkylation sites (N-methyl/N-ethyl adjacent to an activating group) is 1. The van der Waals surface area contributed by atoms with Gasteiger partial charge in [0, 0.05) is 18.1 Å². The summed E-state index contributed by atoms with van der Waals surface area (Å²) in [5.41, 5.74) is 2.96. The highest BCUT2D eigenvalue weighted by Gasteiger charge is 2.31. The molecule has 1 unspecified atom stereocenters. The van der Waals surface area contributed by atoms with Crippen molar-refractivity contribution in [3.8, 4) is 0 Å². The summed E-state index contributed by atoms with van der Waals surface area (Å²) < 4.78 is 26.4. The number of benzene rings is 2. The van der Waals surface area contributed by atoms with Gasteiger partial charge in [-0.05, 0) is 56.5 Å². The van der Waals surface area contributed by atoms with Gasteiger partial charge in [-0.1, -0.05) is 48.4 Å². The average Bonchev–Trinajstić information content (AvgIpc) is 2.73. The Kier molecular flexibility index (Phi) is 9.31. The molecular weight excluding hydrogens is 462 g/mol. The van der Waals surface area contributed by atoms with Gasteiger partial charge in [0.15, 0.2) is 0 Å². The average molecular weight is 494 g/mol. The maximum atomic E-state index is 13.5. The molecule has 2 amide bonds. The summed E-state index contributed by atoms with van der Waals surface area (Å²) in [5, 5.41) is 3.33. The molecule has 180 valence electrons. The Hall–Kier alpha value is -2.58. The Morgan fingerprint density at radius 3 is 2.21 bits per heavy atom. The van der Waals surface area contributed by atoms with Crippen LogP contribution in [0, 0.1) is 13.8 Å². The molecule has 0 aromatic heterocycles. The second-order valence-electron chi connectivity index (χ2n) is 8.03. The van der Waals surface area contributed by atoms with E-state index in [1.54, 1.807) is 43.3 Å². The lowest BCUT2D eigenvalue weighted by atomic mass is 10.1. The highest BCUT2D eigenvalue weighted by molar-refractivity contribution is 7.92. The van der Waals surface area contributed by atoms with E-state index in [9.17, 15) is 18.0 Å². The fourth-order valence-corrected chi connectivity index (χ4v) is 4.71. The van der Waals surface area contributed by atoms with Crippen molar-refractivity contribution in [3.05, 3.63) is 64.2 Å². The van der Waals surface area contributed by atoms with Crippen molar-refractivity contribution in [3.63, 3.8) is 0 Å². The maximum Gasteiger partial charge on any atom is 0.244 e. The van der Waals surface area contributed by atoms with E-state index in [0.29, 0.717) is 23.7 Å². The van der Waals surface area contributed by atoms with E-state index in [1.165, 1.54) is 4.90 Å². The first-order valence-corrected chi connectivity index (χ1v) is 13.1. The Balaban J connectivity index is 2.45. The number of halogens is 1. The molecule has 1 atom stereocenters.